The van der Waals surface area contributed by atoms with Crippen LogP contribution in [0.3, 0.4) is 0 Å². The zero-order valence-corrected chi connectivity index (χ0v) is 10.0. The van der Waals surface area contributed by atoms with E-state index in [4.69, 9.17) is 11.6 Å². The molecule has 2 heterocycles. The van der Waals surface area contributed by atoms with Crippen LogP contribution in [-0.4, -0.2) is 64.1 Å². The first-order valence-electron chi connectivity index (χ1n) is 4.92. The van der Waals surface area contributed by atoms with Gasteiger partial charge in [-0.3, -0.25) is 14.6 Å². The first-order chi connectivity index (χ1) is 7.49. The predicted octanol–water partition coefficient (Wildman–Crippen LogP) is -0.0819. The smallest absolute Gasteiger partial charge is 0.269 e. The van der Waals surface area contributed by atoms with Gasteiger partial charge in [-0.05, 0) is 11.9 Å². The van der Waals surface area contributed by atoms with Crippen molar-refractivity contribution in [3.8, 4) is 0 Å². The highest BCUT2D eigenvalue weighted by atomic mass is 35.5. The Morgan fingerprint density at radius 3 is 2.56 bits per heavy atom. The Hall–Kier alpha value is -1.43. The number of imide groups is 1. The van der Waals surface area contributed by atoms with Crippen LogP contribution in [-0.2, 0) is 4.79 Å². The Labute approximate surface area is 97.8 Å². The summed E-state index contributed by atoms with van der Waals surface area (Å²) < 4.78 is 1.67. The van der Waals surface area contributed by atoms with Crippen molar-refractivity contribution in [2.75, 3.05) is 20.6 Å². The fraction of sp³-hybridized carbons (Fsp3) is 0.556. The van der Waals surface area contributed by atoms with Gasteiger partial charge in [0.15, 0.2) is 0 Å². The molecular formula is C9H12ClN4O2+. The number of carbonyl (C=O) groups is 2. The van der Waals surface area contributed by atoms with Crippen molar-refractivity contribution in [2.45, 2.75) is 13.0 Å². The van der Waals surface area contributed by atoms with Gasteiger partial charge < -0.3 is 0 Å². The first-order valence-corrected chi connectivity index (χ1v) is 5.29. The van der Waals surface area contributed by atoms with E-state index in [1.165, 1.54) is 11.9 Å². The average Bonchev–Trinajstić information content (AvgIpc) is 2.60. The molecule has 1 fully saturated rings. The normalized spacial score (nSPS) is 25.2. The van der Waals surface area contributed by atoms with Gasteiger partial charge in [0.05, 0.1) is 6.54 Å². The highest BCUT2D eigenvalue weighted by Crippen LogP contribution is 2.19. The molecule has 0 spiro atoms. The lowest BCUT2D eigenvalue weighted by Crippen LogP contribution is -2.61. The monoisotopic (exact) mass is 243 g/mol. The van der Waals surface area contributed by atoms with Gasteiger partial charge in [-0.25, -0.2) is 9.37 Å². The molecule has 0 aliphatic carbocycles. The topological polar surface area (TPSA) is 56.0 Å². The maximum atomic E-state index is 12.0. The zero-order chi connectivity index (χ0) is 12.0. The lowest BCUT2D eigenvalue weighted by atomic mass is 10.1. The first kappa shape index (κ1) is 11.1. The van der Waals surface area contributed by atoms with Gasteiger partial charge in [-0.2, -0.15) is 0 Å². The molecule has 0 aromatic carbocycles. The molecule has 0 aromatic heterocycles. The van der Waals surface area contributed by atoms with Crippen LogP contribution in [0.1, 0.15) is 6.92 Å². The lowest BCUT2D eigenvalue weighted by Gasteiger charge is -2.30. The maximum absolute atomic E-state index is 12.0. The van der Waals surface area contributed by atoms with Crippen LogP contribution in [0.4, 0.5) is 4.79 Å². The van der Waals surface area contributed by atoms with E-state index in [0.29, 0.717) is 12.4 Å². The highest BCUT2D eigenvalue weighted by Gasteiger charge is 2.52. The second kappa shape index (κ2) is 3.55. The number of rotatable bonds is 1. The van der Waals surface area contributed by atoms with Crippen LogP contribution < -0.4 is 0 Å². The Morgan fingerprint density at radius 1 is 1.38 bits per heavy atom. The Balaban J connectivity index is 2.48. The summed E-state index contributed by atoms with van der Waals surface area (Å²) in [6.07, 6.45) is 0. The van der Waals surface area contributed by atoms with Crippen LogP contribution in [0.25, 0.3) is 0 Å². The van der Waals surface area contributed by atoms with Crippen molar-refractivity contribution in [1.82, 2.24) is 9.80 Å². The fourth-order valence-electron chi connectivity index (χ4n) is 1.88. The standard InChI is InChI=1S/C9H12ClN4O2/c1-4-14-5-6(11-8(14)10)12(2)9(16)13(3)7(5)15/h5H,4H2,1-3H3/q+1. The van der Waals surface area contributed by atoms with E-state index in [0.717, 1.165) is 4.90 Å². The molecule has 1 unspecified atom stereocenters. The van der Waals surface area contributed by atoms with Crippen molar-refractivity contribution >= 4 is 34.7 Å². The molecule has 3 amide bonds. The summed E-state index contributed by atoms with van der Waals surface area (Å²) >= 11 is 5.93. The summed E-state index contributed by atoms with van der Waals surface area (Å²) in [7, 11) is 3.04. The summed E-state index contributed by atoms with van der Waals surface area (Å²) in [6, 6.07) is -0.951. The third-order valence-electron chi connectivity index (χ3n) is 2.82. The van der Waals surface area contributed by atoms with Gasteiger partial charge in [0.1, 0.15) is 0 Å². The van der Waals surface area contributed by atoms with Crippen LogP contribution in [0.2, 0.25) is 0 Å². The molecule has 1 atom stereocenters. The van der Waals surface area contributed by atoms with Crippen molar-refractivity contribution < 1.29 is 14.2 Å². The number of amides is 3. The van der Waals surface area contributed by atoms with E-state index in [1.807, 2.05) is 6.92 Å². The largest absolute Gasteiger partial charge is 0.394 e. The van der Waals surface area contributed by atoms with Gasteiger partial charge in [-0.1, -0.05) is 0 Å². The number of halogens is 1. The molecule has 2 rings (SSSR count). The van der Waals surface area contributed by atoms with Gasteiger partial charge in [0.25, 0.3) is 17.8 Å². The van der Waals surface area contributed by atoms with E-state index in [2.05, 4.69) is 4.99 Å². The SMILES string of the molecule is CC[N+]1=C(Cl)N=C2C1C(=O)N(C)C(=O)N2C. The minimum atomic E-state index is -0.565. The molecule has 86 valence electrons. The molecule has 0 aromatic rings. The third-order valence-corrected chi connectivity index (χ3v) is 3.12. The molecule has 7 heteroatoms. The molecule has 6 nitrogen and oxygen atoms in total. The number of nitrogens with zero attached hydrogens (tertiary/aromatic N) is 4. The van der Waals surface area contributed by atoms with E-state index in [1.54, 1.807) is 11.6 Å². The number of aliphatic imine (C=N–C) groups is 1. The summed E-state index contributed by atoms with van der Waals surface area (Å²) in [4.78, 5) is 30.1. The highest BCUT2D eigenvalue weighted by molar-refractivity contribution is 6.65. The number of likely N-dealkylation sites (N-methyl/N-ethyl adjacent to an activating group) is 3. The summed E-state index contributed by atoms with van der Waals surface area (Å²) in [6.45, 7) is 2.45. The molecule has 0 radical (unpaired) electrons. The second-order valence-corrected chi connectivity index (χ2v) is 4.00. The second-order valence-electron chi connectivity index (χ2n) is 3.67. The number of hydrogen-bond acceptors (Lipinski definition) is 3. The lowest BCUT2D eigenvalue weighted by molar-refractivity contribution is -0.529. The molecule has 2 aliphatic heterocycles. The number of amidine groups is 2. The van der Waals surface area contributed by atoms with Gasteiger partial charge in [-0.15, -0.1) is 0 Å². The molecule has 0 bridgehead atoms. The number of fused-ring (bicyclic) bond motifs is 1. The maximum Gasteiger partial charge on any atom is 0.394 e. The zero-order valence-electron chi connectivity index (χ0n) is 9.27. The number of carbonyl (C=O) groups excluding carboxylic acids is 2. The average molecular weight is 244 g/mol. The summed E-state index contributed by atoms with van der Waals surface area (Å²) in [5.74, 6) is 0.110. The van der Waals surface area contributed by atoms with E-state index in [9.17, 15) is 9.59 Å². The third kappa shape index (κ3) is 1.26. The molecule has 1 saturated heterocycles. The van der Waals surface area contributed by atoms with Gasteiger partial charge in [0.2, 0.25) is 0 Å². The quantitative estimate of drug-likeness (QED) is 0.478. The molecule has 0 N–H and O–H groups in total. The van der Waals surface area contributed by atoms with E-state index >= 15 is 0 Å². The van der Waals surface area contributed by atoms with Crippen LogP contribution in [0.15, 0.2) is 4.99 Å². The molecule has 0 saturated carbocycles. The molecule has 16 heavy (non-hydrogen) atoms. The Morgan fingerprint density at radius 2 is 2.00 bits per heavy atom. The van der Waals surface area contributed by atoms with Gasteiger partial charge >= 0.3 is 11.3 Å². The molecule has 2 aliphatic rings. The number of urea groups is 1. The van der Waals surface area contributed by atoms with Crippen molar-refractivity contribution in [3.63, 3.8) is 0 Å². The van der Waals surface area contributed by atoms with Crippen LogP contribution in [0.5, 0.6) is 0 Å². The van der Waals surface area contributed by atoms with E-state index in [-0.39, 0.29) is 17.2 Å². The van der Waals surface area contributed by atoms with Crippen molar-refractivity contribution in [2.24, 2.45) is 4.99 Å². The fourth-order valence-corrected chi connectivity index (χ4v) is 2.19. The number of hydrogen-bond donors (Lipinski definition) is 0. The minimum absolute atomic E-state index is 0.255. The minimum Gasteiger partial charge on any atom is -0.269 e. The van der Waals surface area contributed by atoms with Crippen molar-refractivity contribution in [1.29, 1.82) is 0 Å². The predicted molar refractivity (Wildman–Crippen MR) is 58.8 cm³/mol. The van der Waals surface area contributed by atoms with E-state index < -0.39 is 6.04 Å². The van der Waals surface area contributed by atoms with Crippen LogP contribution in [0, 0.1) is 0 Å². The Bertz CT molecular complexity index is 443. The van der Waals surface area contributed by atoms with Crippen molar-refractivity contribution in [3.05, 3.63) is 0 Å². The summed E-state index contributed by atoms with van der Waals surface area (Å²) in [5.41, 5.74) is 0. The molecular weight excluding hydrogens is 232 g/mol. The Kier molecular flexibility index (Phi) is 2.46. The van der Waals surface area contributed by atoms with Gasteiger partial charge in [0, 0.05) is 25.7 Å². The summed E-state index contributed by atoms with van der Waals surface area (Å²) in [5, 5.41) is 0.255. The van der Waals surface area contributed by atoms with Crippen LogP contribution >= 0.6 is 11.6 Å².